The zero-order valence-electron chi connectivity index (χ0n) is 15.7. The van der Waals surface area contributed by atoms with Gasteiger partial charge in [-0.2, -0.15) is 0 Å². The van der Waals surface area contributed by atoms with Gasteiger partial charge >= 0.3 is 5.97 Å². The molecule has 1 atom stereocenters. The van der Waals surface area contributed by atoms with Gasteiger partial charge in [-0.1, -0.05) is 66.6 Å². The summed E-state index contributed by atoms with van der Waals surface area (Å²) in [4.78, 5) is 11.6. The van der Waals surface area contributed by atoms with Gasteiger partial charge in [0.15, 0.2) is 5.96 Å². The van der Waals surface area contributed by atoms with E-state index in [9.17, 15) is 9.90 Å². The maximum Gasteiger partial charge on any atom is 0.304 e. The van der Waals surface area contributed by atoms with Crippen LogP contribution in [0.2, 0.25) is 0 Å². The fourth-order valence-electron chi connectivity index (χ4n) is 3.45. The fraction of sp³-hybridized carbons (Fsp3) is 0.0833. The Morgan fingerprint density at radius 2 is 1.83 bits per heavy atom. The zero-order chi connectivity index (χ0) is 20.8. The number of carboxylic acid groups (broad SMARTS) is 1. The van der Waals surface area contributed by atoms with Gasteiger partial charge in [-0.3, -0.25) is 10.2 Å². The molecule has 3 rings (SSSR count). The molecular weight excluding hydrogens is 362 g/mol. The highest BCUT2D eigenvalue weighted by atomic mass is 16.4. The minimum Gasteiger partial charge on any atom is -0.481 e. The summed E-state index contributed by atoms with van der Waals surface area (Å²) in [6.45, 7) is 0. The molecule has 0 bridgehead atoms. The molecule has 0 aliphatic heterocycles. The van der Waals surface area contributed by atoms with Crippen LogP contribution in [0.4, 0.5) is 5.69 Å². The van der Waals surface area contributed by atoms with Crippen molar-refractivity contribution in [3.05, 3.63) is 89.5 Å². The molecule has 0 fully saturated rings. The molecule has 1 unspecified atom stereocenters. The van der Waals surface area contributed by atoms with Gasteiger partial charge in [0, 0.05) is 17.2 Å². The molecule has 0 spiro atoms. The average Bonchev–Trinajstić information content (AvgIpc) is 2.71. The summed E-state index contributed by atoms with van der Waals surface area (Å²) >= 11 is 0. The van der Waals surface area contributed by atoms with E-state index in [-0.39, 0.29) is 18.3 Å². The number of guanidine groups is 1. The Morgan fingerprint density at radius 3 is 2.48 bits per heavy atom. The highest BCUT2D eigenvalue weighted by Crippen LogP contribution is 2.35. The number of aliphatic carboxylic acids is 1. The normalized spacial score (nSPS) is 11.3. The quantitative estimate of drug-likeness (QED) is 0.290. The van der Waals surface area contributed by atoms with Crippen LogP contribution in [-0.4, -0.2) is 17.0 Å². The monoisotopic (exact) mass is 383 g/mol. The number of nitrogens with two attached hydrogens (primary N) is 1. The molecule has 5 nitrogen and oxygen atoms in total. The largest absolute Gasteiger partial charge is 0.481 e. The van der Waals surface area contributed by atoms with Gasteiger partial charge in [-0.25, -0.2) is 0 Å². The molecule has 144 valence electrons. The molecule has 5 N–H and O–H groups in total. The standard InChI is InChI=1S/C24H21N3O2/c1-2-19-20(17-10-6-11-18(14-17)27-24(25)26)12-7-13-21(19)22(15-23(28)29)16-8-4-3-5-9-16/h1,3-14,22H,15H2,(H,28,29)(H4,25,26,27). The molecular formula is C24H21N3O2. The Morgan fingerprint density at radius 1 is 1.10 bits per heavy atom. The molecule has 3 aromatic carbocycles. The van der Waals surface area contributed by atoms with Crippen molar-refractivity contribution in [2.75, 3.05) is 5.32 Å². The molecule has 0 aliphatic rings. The molecule has 0 aromatic heterocycles. The Balaban J connectivity index is 2.14. The van der Waals surface area contributed by atoms with Gasteiger partial charge < -0.3 is 16.2 Å². The van der Waals surface area contributed by atoms with Gasteiger partial charge in [0.1, 0.15) is 0 Å². The number of terminal acetylenes is 1. The van der Waals surface area contributed by atoms with E-state index in [1.54, 1.807) is 0 Å². The van der Waals surface area contributed by atoms with E-state index in [1.165, 1.54) is 0 Å². The van der Waals surface area contributed by atoms with Gasteiger partial charge in [0.25, 0.3) is 0 Å². The lowest BCUT2D eigenvalue weighted by Crippen LogP contribution is -2.20. The summed E-state index contributed by atoms with van der Waals surface area (Å²) < 4.78 is 0. The minimum absolute atomic E-state index is 0.0614. The Labute approximate surface area is 169 Å². The van der Waals surface area contributed by atoms with Crippen LogP contribution in [0.5, 0.6) is 0 Å². The topological polar surface area (TPSA) is 99.2 Å². The van der Waals surface area contributed by atoms with Crippen LogP contribution in [0.25, 0.3) is 11.1 Å². The Hall–Kier alpha value is -4.04. The van der Waals surface area contributed by atoms with Crippen molar-refractivity contribution in [3.63, 3.8) is 0 Å². The maximum absolute atomic E-state index is 11.6. The summed E-state index contributed by atoms with van der Waals surface area (Å²) in [5, 5.41) is 19.7. The Bertz CT molecular complexity index is 1080. The number of benzene rings is 3. The van der Waals surface area contributed by atoms with E-state index in [4.69, 9.17) is 17.6 Å². The smallest absolute Gasteiger partial charge is 0.304 e. The molecule has 0 amide bonds. The first kappa shape index (κ1) is 19.7. The van der Waals surface area contributed by atoms with Crippen molar-refractivity contribution in [1.29, 1.82) is 5.41 Å². The van der Waals surface area contributed by atoms with E-state index in [1.807, 2.05) is 72.8 Å². The molecule has 0 heterocycles. The van der Waals surface area contributed by atoms with Crippen LogP contribution < -0.4 is 11.1 Å². The van der Waals surface area contributed by atoms with Crippen LogP contribution in [0.15, 0.2) is 72.8 Å². The fourth-order valence-corrected chi connectivity index (χ4v) is 3.45. The van der Waals surface area contributed by atoms with Crippen molar-refractivity contribution in [2.45, 2.75) is 12.3 Å². The molecule has 3 aromatic rings. The summed E-state index contributed by atoms with van der Waals surface area (Å²) in [6, 6.07) is 22.6. The number of hydrogen-bond donors (Lipinski definition) is 4. The number of hydrogen-bond acceptors (Lipinski definition) is 2. The third-order valence-corrected chi connectivity index (χ3v) is 4.65. The van der Waals surface area contributed by atoms with Crippen molar-refractivity contribution in [1.82, 2.24) is 0 Å². The van der Waals surface area contributed by atoms with Crippen LogP contribution in [-0.2, 0) is 4.79 Å². The van der Waals surface area contributed by atoms with E-state index < -0.39 is 5.97 Å². The van der Waals surface area contributed by atoms with Gasteiger partial charge in [0.05, 0.1) is 6.42 Å². The van der Waals surface area contributed by atoms with E-state index in [0.717, 1.165) is 22.3 Å². The second kappa shape index (κ2) is 8.77. The molecule has 0 aliphatic carbocycles. The first-order chi connectivity index (χ1) is 14.0. The van der Waals surface area contributed by atoms with Crippen LogP contribution in [0.3, 0.4) is 0 Å². The van der Waals surface area contributed by atoms with Crippen LogP contribution in [0, 0.1) is 17.8 Å². The van der Waals surface area contributed by atoms with Gasteiger partial charge in [0.2, 0.25) is 0 Å². The highest BCUT2D eigenvalue weighted by molar-refractivity contribution is 5.90. The molecule has 0 saturated heterocycles. The summed E-state index contributed by atoms with van der Waals surface area (Å²) in [7, 11) is 0. The van der Waals surface area contributed by atoms with E-state index in [2.05, 4.69) is 11.2 Å². The number of nitrogens with one attached hydrogen (secondary N) is 2. The molecule has 0 radical (unpaired) electrons. The van der Waals surface area contributed by atoms with Crippen molar-refractivity contribution >= 4 is 17.6 Å². The number of anilines is 1. The maximum atomic E-state index is 11.6. The summed E-state index contributed by atoms with van der Waals surface area (Å²) in [5.41, 5.74) is 10.1. The van der Waals surface area contributed by atoms with Gasteiger partial charge in [-0.15, -0.1) is 6.42 Å². The van der Waals surface area contributed by atoms with E-state index in [0.29, 0.717) is 11.3 Å². The second-order valence-electron chi connectivity index (χ2n) is 6.59. The SMILES string of the molecule is C#Cc1c(-c2cccc(NC(=N)N)c2)cccc1C(CC(=O)O)c1ccccc1. The van der Waals surface area contributed by atoms with Crippen LogP contribution >= 0.6 is 0 Å². The van der Waals surface area contributed by atoms with E-state index >= 15 is 0 Å². The number of carbonyl (C=O) groups is 1. The zero-order valence-corrected chi connectivity index (χ0v) is 15.7. The first-order valence-electron chi connectivity index (χ1n) is 9.07. The predicted octanol–water partition coefficient (Wildman–Crippen LogP) is 4.25. The molecule has 29 heavy (non-hydrogen) atoms. The lowest BCUT2D eigenvalue weighted by molar-refractivity contribution is -0.137. The van der Waals surface area contributed by atoms with Crippen LogP contribution in [0.1, 0.15) is 29.0 Å². The van der Waals surface area contributed by atoms with Crippen molar-refractivity contribution in [3.8, 4) is 23.5 Å². The number of carboxylic acids is 1. The van der Waals surface area contributed by atoms with Crippen molar-refractivity contribution in [2.24, 2.45) is 5.73 Å². The number of rotatable bonds is 6. The summed E-state index contributed by atoms with van der Waals surface area (Å²) in [6.07, 6.45) is 5.83. The third kappa shape index (κ3) is 4.63. The Kier molecular flexibility index (Phi) is 5.96. The minimum atomic E-state index is -0.889. The third-order valence-electron chi connectivity index (χ3n) is 4.65. The van der Waals surface area contributed by atoms with Crippen molar-refractivity contribution < 1.29 is 9.90 Å². The second-order valence-corrected chi connectivity index (χ2v) is 6.59. The first-order valence-corrected chi connectivity index (χ1v) is 9.07. The van der Waals surface area contributed by atoms with Gasteiger partial charge in [-0.05, 0) is 34.4 Å². The predicted molar refractivity (Wildman–Crippen MR) is 116 cm³/mol. The summed E-state index contributed by atoms with van der Waals surface area (Å²) in [5.74, 6) is 1.36. The molecule has 0 saturated carbocycles. The highest BCUT2D eigenvalue weighted by Gasteiger charge is 2.22. The molecule has 5 heteroatoms. The average molecular weight is 383 g/mol. The lowest BCUT2D eigenvalue weighted by atomic mass is 9.83. The lowest BCUT2D eigenvalue weighted by Gasteiger charge is -2.20.